The fourth-order valence-electron chi connectivity index (χ4n) is 1.70. The number of carbonyl (C=O) groups excluding carboxylic acids is 1. The molecule has 0 aromatic heterocycles. The second-order valence-electron chi connectivity index (χ2n) is 3.84. The monoisotopic (exact) mass is 282 g/mol. The molecule has 0 amide bonds. The number of carbonyl (C=O) groups is 1. The van der Waals surface area contributed by atoms with Crippen LogP contribution in [0.15, 0.2) is 36.4 Å². The van der Waals surface area contributed by atoms with Gasteiger partial charge in [-0.3, -0.25) is 0 Å². The van der Waals surface area contributed by atoms with E-state index in [1.54, 1.807) is 0 Å². The molecular weight excluding hydrogens is 274 g/mol. The summed E-state index contributed by atoms with van der Waals surface area (Å²) in [4.78, 5) is 11.5. The van der Waals surface area contributed by atoms with Crippen molar-refractivity contribution in [1.29, 1.82) is 0 Å². The molecule has 0 aliphatic carbocycles. The van der Waals surface area contributed by atoms with Crippen LogP contribution in [0.4, 0.5) is 8.78 Å². The fraction of sp³-hybridized carbons (Fsp3) is 0.0714. The molecule has 0 fully saturated rings. The molecule has 0 atom stereocenters. The Labute approximate surface area is 113 Å². The van der Waals surface area contributed by atoms with E-state index in [-0.39, 0.29) is 16.1 Å². The number of hydrogen-bond acceptors (Lipinski definition) is 2. The third-order valence-corrected chi connectivity index (χ3v) is 2.78. The summed E-state index contributed by atoms with van der Waals surface area (Å²) in [6.07, 6.45) is 0. The van der Waals surface area contributed by atoms with Gasteiger partial charge in [0, 0.05) is 10.6 Å². The molecule has 0 saturated heterocycles. The number of benzene rings is 2. The summed E-state index contributed by atoms with van der Waals surface area (Å²) in [5.41, 5.74) is 0.520. The summed E-state index contributed by atoms with van der Waals surface area (Å²) in [5.74, 6) is -1.77. The minimum absolute atomic E-state index is 0.0349. The maximum absolute atomic E-state index is 13.7. The number of hydrogen-bond donors (Lipinski definition) is 0. The summed E-state index contributed by atoms with van der Waals surface area (Å²) in [5, 5.41) is 0.238. The van der Waals surface area contributed by atoms with Crippen molar-refractivity contribution in [3.8, 4) is 11.1 Å². The Bertz CT molecular complexity index is 641. The van der Waals surface area contributed by atoms with Crippen LogP contribution in [0.25, 0.3) is 11.1 Å². The first kappa shape index (κ1) is 13.5. The van der Waals surface area contributed by atoms with Gasteiger partial charge in [0.2, 0.25) is 0 Å². The van der Waals surface area contributed by atoms with E-state index < -0.39 is 17.6 Å². The lowest BCUT2D eigenvalue weighted by Crippen LogP contribution is -2.01. The Morgan fingerprint density at radius 2 is 1.89 bits per heavy atom. The minimum Gasteiger partial charge on any atom is -0.465 e. The average Bonchev–Trinajstić information content (AvgIpc) is 2.39. The second-order valence-corrected chi connectivity index (χ2v) is 4.28. The van der Waals surface area contributed by atoms with E-state index >= 15 is 0 Å². The Hall–Kier alpha value is -1.94. The molecule has 2 aromatic carbocycles. The van der Waals surface area contributed by atoms with Gasteiger partial charge in [0.05, 0.1) is 12.7 Å². The Kier molecular flexibility index (Phi) is 3.81. The number of rotatable bonds is 2. The van der Waals surface area contributed by atoms with Crippen molar-refractivity contribution in [2.75, 3.05) is 7.11 Å². The Morgan fingerprint density at radius 1 is 1.16 bits per heavy atom. The van der Waals surface area contributed by atoms with Crippen molar-refractivity contribution in [3.63, 3.8) is 0 Å². The zero-order chi connectivity index (χ0) is 14.0. The molecule has 19 heavy (non-hydrogen) atoms. The van der Waals surface area contributed by atoms with E-state index in [9.17, 15) is 13.6 Å². The van der Waals surface area contributed by atoms with Gasteiger partial charge in [-0.25, -0.2) is 13.6 Å². The molecule has 2 nitrogen and oxygen atoms in total. The molecule has 0 aliphatic heterocycles. The molecule has 0 unspecified atom stereocenters. The third-order valence-electron chi connectivity index (χ3n) is 2.56. The predicted octanol–water partition coefficient (Wildman–Crippen LogP) is 4.07. The van der Waals surface area contributed by atoms with Gasteiger partial charge in [0.25, 0.3) is 0 Å². The van der Waals surface area contributed by atoms with Crippen LogP contribution in [0, 0.1) is 11.6 Å². The lowest BCUT2D eigenvalue weighted by Gasteiger charge is -2.07. The van der Waals surface area contributed by atoms with Gasteiger partial charge < -0.3 is 4.74 Å². The molecule has 2 rings (SSSR count). The molecule has 0 aliphatic rings. The Morgan fingerprint density at radius 3 is 2.58 bits per heavy atom. The SMILES string of the molecule is COC(=O)c1cc(Cl)cc(-c2cc(F)ccc2F)c1. The van der Waals surface area contributed by atoms with Crippen LogP contribution in [-0.4, -0.2) is 13.1 Å². The molecule has 0 radical (unpaired) electrons. The van der Waals surface area contributed by atoms with E-state index in [0.29, 0.717) is 5.56 Å². The molecule has 2 aromatic rings. The van der Waals surface area contributed by atoms with Crippen molar-refractivity contribution in [1.82, 2.24) is 0 Å². The zero-order valence-electron chi connectivity index (χ0n) is 9.91. The Balaban J connectivity index is 2.59. The maximum atomic E-state index is 13.7. The van der Waals surface area contributed by atoms with E-state index in [4.69, 9.17) is 11.6 Å². The van der Waals surface area contributed by atoms with Crippen LogP contribution in [0.3, 0.4) is 0 Å². The van der Waals surface area contributed by atoms with Gasteiger partial charge >= 0.3 is 5.97 Å². The topological polar surface area (TPSA) is 26.3 Å². The van der Waals surface area contributed by atoms with Crippen LogP contribution in [0.5, 0.6) is 0 Å². The molecule has 0 bridgehead atoms. The van der Waals surface area contributed by atoms with Crippen molar-refractivity contribution in [2.45, 2.75) is 0 Å². The molecule has 0 heterocycles. The van der Waals surface area contributed by atoms with Gasteiger partial charge in [-0.05, 0) is 42.0 Å². The standard InChI is InChI=1S/C14H9ClF2O2/c1-19-14(18)9-4-8(5-10(15)6-9)12-7-11(16)2-3-13(12)17/h2-7H,1H3. The van der Waals surface area contributed by atoms with Crippen LogP contribution in [-0.2, 0) is 4.74 Å². The summed E-state index contributed by atoms with van der Waals surface area (Å²) >= 11 is 5.87. The average molecular weight is 283 g/mol. The lowest BCUT2D eigenvalue weighted by atomic mass is 10.0. The number of ether oxygens (including phenoxy) is 1. The van der Waals surface area contributed by atoms with Gasteiger partial charge in [0.15, 0.2) is 0 Å². The van der Waals surface area contributed by atoms with E-state index in [1.165, 1.54) is 25.3 Å². The van der Waals surface area contributed by atoms with E-state index in [1.807, 2.05) is 0 Å². The van der Waals surface area contributed by atoms with Crippen LogP contribution in [0.2, 0.25) is 5.02 Å². The van der Waals surface area contributed by atoms with Gasteiger partial charge in [-0.1, -0.05) is 11.6 Å². The summed E-state index contributed by atoms with van der Waals surface area (Å²) < 4.78 is 31.4. The van der Waals surface area contributed by atoms with Crippen molar-refractivity contribution < 1.29 is 18.3 Å². The highest BCUT2D eigenvalue weighted by Gasteiger charge is 2.12. The normalized spacial score (nSPS) is 10.3. The third kappa shape index (κ3) is 2.90. The van der Waals surface area contributed by atoms with Crippen molar-refractivity contribution >= 4 is 17.6 Å². The molecule has 0 saturated carbocycles. The highest BCUT2D eigenvalue weighted by atomic mass is 35.5. The van der Waals surface area contributed by atoms with E-state index in [0.717, 1.165) is 18.2 Å². The lowest BCUT2D eigenvalue weighted by molar-refractivity contribution is 0.0601. The van der Waals surface area contributed by atoms with Crippen LogP contribution in [0.1, 0.15) is 10.4 Å². The molecule has 98 valence electrons. The van der Waals surface area contributed by atoms with Gasteiger partial charge in [-0.2, -0.15) is 0 Å². The number of methoxy groups -OCH3 is 1. The highest BCUT2D eigenvalue weighted by Crippen LogP contribution is 2.28. The summed E-state index contributed by atoms with van der Waals surface area (Å²) in [7, 11) is 1.23. The summed E-state index contributed by atoms with van der Waals surface area (Å²) in [6, 6.07) is 7.32. The van der Waals surface area contributed by atoms with Crippen molar-refractivity contribution in [3.05, 3.63) is 58.6 Å². The van der Waals surface area contributed by atoms with Gasteiger partial charge in [-0.15, -0.1) is 0 Å². The first-order valence-corrected chi connectivity index (χ1v) is 5.73. The molecule has 5 heteroatoms. The van der Waals surface area contributed by atoms with Crippen molar-refractivity contribution in [2.24, 2.45) is 0 Å². The molecule has 0 N–H and O–H groups in total. The molecular formula is C14H9ClF2O2. The second kappa shape index (κ2) is 5.36. The highest BCUT2D eigenvalue weighted by molar-refractivity contribution is 6.31. The zero-order valence-corrected chi connectivity index (χ0v) is 10.7. The predicted molar refractivity (Wildman–Crippen MR) is 68.1 cm³/mol. The fourth-order valence-corrected chi connectivity index (χ4v) is 1.93. The quantitative estimate of drug-likeness (QED) is 0.776. The first-order chi connectivity index (χ1) is 9.01. The number of halogens is 3. The smallest absolute Gasteiger partial charge is 0.337 e. The van der Waals surface area contributed by atoms with E-state index in [2.05, 4.69) is 4.74 Å². The first-order valence-electron chi connectivity index (χ1n) is 5.35. The minimum atomic E-state index is -0.598. The van der Waals surface area contributed by atoms with Crippen LogP contribution >= 0.6 is 11.6 Å². The molecule has 0 spiro atoms. The largest absolute Gasteiger partial charge is 0.465 e. The number of esters is 1. The van der Waals surface area contributed by atoms with Gasteiger partial charge in [0.1, 0.15) is 11.6 Å². The summed E-state index contributed by atoms with van der Waals surface area (Å²) in [6.45, 7) is 0. The van der Waals surface area contributed by atoms with Crippen LogP contribution < -0.4 is 0 Å². The maximum Gasteiger partial charge on any atom is 0.337 e.